The van der Waals surface area contributed by atoms with Crippen LogP contribution in [0.5, 0.6) is 0 Å². The van der Waals surface area contributed by atoms with Crippen molar-refractivity contribution < 1.29 is 0 Å². The van der Waals surface area contributed by atoms with Crippen molar-refractivity contribution in [1.82, 2.24) is 19.3 Å². The summed E-state index contributed by atoms with van der Waals surface area (Å²) in [4.78, 5) is 12.0. The standard InChI is InChI=1S/C20H18N4OS2/c1-15-14-27-20(25)23(15)12-13-26-19-22-21-18(16-8-4-2-5-9-16)24(19)17-10-6-3-7-11-17/h2-11,14H,12-13H2,1H3. The van der Waals surface area contributed by atoms with Crippen molar-refractivity contribution in [1.29, 1.82) is 0 Å². The summed E-state index contributed by atoms with van der Waals surface area (Å²) in [6.07, 6.45) is 0. The molecule has 27 heavy (non-hydrogen) atoms. The molecule has 2 heterocycles. The molecule has 0 bridgehead atoms. The lowest BCUT2D eigenvalue weighted by molar-refractivity contribution is 0.729. The first-order valence-electron chi connectivity index (χ1n) is 8.58. The molecule has 4 aromatic rings. The Hall–Kier alpha value is -2.64. The number of hydrogen-bond acceptors (Lipinski definition) is 5. The van der Waals surface area contributed by atoms with Crippen LogP contribution in [0.15, 0.2) is 76.0 Å². The number of aromatic nitrogens is 4. The van der Waals surface area contributed by atoms with Gasteiger partial charge < -0.3 is 4.57 Å². The van der Waals surface area contributed by atoms with Crippen molar-refractivity contribution in [3.8, 4) is 17.1 Å². The van der Waals surface area contributed by atoms with Crippen LogP contribution in [0.2, 0.25) is 0 Å². The van der Waals surface area contributed by atoms with Gasteiger partial charge in [-0.2, -0.15) is 0 Å². The summed E-state index contributed by atoms with van der Waals surface area (Å²) in [5, 5.41) is 11.6. The molecule has 7 heteroatoms. The Morgan fingerprint density at radius 2 is 1.70 bits per heavy atom. The lowest BCUT2D eigenvalue weighted by Crippen LogP contribution is -2.16. The molecule has 0 aliphatic carbocycles. The molecule has 2 aromatic carbocycles. The first-order valence-corrected chi connectivity index (χ1v) is 10.4. The fourth-order valence-corrected chi connectivity index (χ4v) is 4.49. The lowest BCUT2D eigenvalue weighted by atomic mass is 10.2. The smallest absolute Gasteiger partial charge is 0.303 e. The zero-order valence-corrected chi connectivity index (χ0v) is 16.4. The molecule has 0 aliphatic rings. The van der Waals surface area contributed by atoms with Crippen LogP contribution in [-0.2, 0) is 6.54 Å². The third-order valence-electron chi connectivity index (χ3n) is 4.20. The maximum Gasteiger partial charge on any atom is 0.307 e. The normalized spacial score (nSPS) is 11.0. The van der Waals surface area contributed by atoms with Crippen molar-refractivity contribution in [2.75, 3.05) is 5.75 Å². The van der Waals surface area contributed by atoms with Crippen molar-refractivity contribution in [2.24, 2.45) is 0 Å². The molecule has 5 nitrogen and oxygen atoms in total. The largest absolute Gasteiger partial charge is 0.307 e. The molecule has 0 atom stereocenters. The van der Waals surface area contributed by atoms with E-state index in [1.807, 2.05) is 73.0 Å². The van der Waals surface area contributed by atoms with Gasteiger partial charge in [-0.25, -0.2) is 0 Å². The summed E-state index contributed by atoms with van der Waals surface area (Å²) in [6.45, 7) is 2.61. The van der Waals surface area contributed by atoms with Crippen LogP contribution in [0.1, 0.15) is 5.69 Å². The summed E-state index contributed by atoms with van der Waals surface area (Å²) in [6, 6.07) is 20.2. The number of thioether (sulfide) groups is 1. The topological polar surface area (TPSA) is 52.7 Å². The van der Waals surface area contributed by atoms with E-state index in [1.54, 1.807) is 16.3 Å². The highest BCUT2D eigenvalue weighted by Gasteiger charge is 2.16. The minimum Gasteiger partial charge on any atom is -0.303 e. The minimum absolute atomic E-state index is 0.0857. The van der Waals surface area contributed by atoms with E-state index in [2.05, 4.69) is 14.8 Å². The molecule has 0 radical (unpaired) electrons. The first kappa shape index (κ1) is 17.8. The number of rotatable bonds is 6. The van der Waals surface area contributed by atoms with Crippen LogP contribution >= 0.6 is 23.1 Å². The highest BCUT2D eigenvalue weighted by molar-refractivity contribution is 7.99. The summed E-state index contributed by atoms with van der Waals surface area (Å²) < 4.78 is 3.88. The van der Waals surface area contributed by atoms with Gasteiger partial charge in [0, 0.05) is 34.6 Å². The van der Waals surface area contributed by atoms with Crippen LogP contribution in [0, 0.1) is 6.92 Å². The van der Waals surface area contributed by atoms with Crippen LogP contribution in [-0.4, -0.2) is 25.1 Å². The monoisotopic (exact) mass is 394 g/mol. The summed E-state index contributed by atoms with van der Waals surface area (Å²) >= 11 is 2.85. The fourth-order valence-electron chi connectivity index (χ4n) is 2.85. The quantitative estimate of drug-likeness (QED) is 0.459. The van der Waals surface area contributed by atoms with Gasteiger partial charge in [-0.05, 0) is 19.1 Å². The van der Waals surface area contributed by atoms with E-state index in [1.165, 1.54) is 11.3 Å². The van der Waals surface area contributed by atoms with Gasteiger partial charge in [0.05, 0.1) is 0 Å². The number of aryl methyl sites for hydroxylation is 1. The van der Waals surface area contributed by atoms with E-state index in [4.69, 9.17) is 0 Å². The highest BCUT2D eigenvalue weighted by atomic mass is 32.2. The van der Waals surface area contributed by atoms with Gasteiger partial charge in [0.15, 0.2) is 11.0 Å². The maximum atomic E-state index is 11.9. The number of hydrogen-bond donors (Lipinski definition) is 0. The minimum atomic E-state index is 0.0857. The second-order valence-electron chi connectivity index (χ2n) is 5.99. The lowest BCUT2D eigenvalue weighted by Gasteiger charge is -2.10. The van der Waals surface area contributed by atoms with Crippen molar-refractivity contribution in [2.45, 2.75) is 18.6 Å². The van der Waals surface area contributed by atoms with Crippen molar-refractivity contribution in [3.05, 3.63) is 81.4 Å². The van der Waals surface area contributed by atoms with Gasteiger partial charge >= 0.3 is 4.87 Å². The van der Waals surface area contributed by atoms with Crippen LogP contribution in [0.25, 0.3) is 17.1 Å². The van der Waals surface area contributed by atoms with Gasteiger partial charge in [0.25, 0.3) is 0 Å². The fraction of sp³-hybridized carbons (Fsp3) is 0.150. The number of thiazole rings is 1. The van der Waals surface area contributed by atoms with Gasteiger partial charge in [-0.1, -0.05) is 71.6 Å². The van der Waals surface area contributed by atoms with Crippen LogP contribution in [0.3, 0.4) is 0 Å². The number of benzene rings is 2. The van der Waals surface area contributed by atoms with Gasteiger partial charge in [0.2, 0.25) is 0 Å². The Morgan fingerprint density at radius 3 is 2.37 bits per heavy atom. The molecule has 136 valence electrons. The van der Waals surface area contributed by atoms with Crippen LogP contribution in [0.4, 0.5) is 0 Å². The molecule has 4 rings (SSSR count). The Labute approximate surface area is 165 Å². The number of nitrogens with zero attached hydrogens (tertiary/aromatic N) is 4. The second kappa shape index (κ2) is 7.94. The zero-order chi connectivity index (χ0) is 18.6. The maximum absolute atomic E-state index is 11.9. The predicted octanol–water partition coefficient (Wildman–Crippen LogP) is 4.26. The van der Waals surface area contributed by atoms with Crippen molar-refractivity contribution >= 4 is 23.1 Å². The predicted molar refractivity (Wildman–Crippen MR) is 111 cm³/mol. The summed E-state index contributed by atoms with van der Waals surface area (Å²) in [7, 11) is 0. The number of para-hydroxylation sites is 1. The second-order valence-corrected chi connectivity index (χ2v) is 7.87. The molecule has 0 unspecified atom stereocenters. The zero-order valence-electron chi connectivity index (χ0n) is 14.8. The van der Waals surface area contributed by atoms with Gasteiger partial charge in [-0.15, -0.1) is 10.2 Å². The third-order valence-corrected chi connectivity index (χ3v) is 5.99. The molecule has 0 aliphatic heterocycles. The van der Waals surface area contributed by atoms with Gasteiger partial charge in [0.1, 0.15) is 0 Å². The Kier molecular flexibility index (Phi) is 5.22. The molecular formula is C20H18N4OS2. The summed E-state index contributed by atoms with van der Waals surface area (Å²) in [5.74, 6) is 1.56. The van der Waals surface area contributed by atoms with E-state index in [0.29, 0.717) is 6.54 Å². The molecular weight excluding hydrogens is 376 g/mol. The SMILES string of the molecule is Cc1csc(=O)n1CCSc1nnc(-c2ccccc2)n1-c1ccccc1. The van der Waals surface area contributed by atoms with E-state index < -0.39 is 0 Å². The average Bonchev–Trinajstić information content (AvgIpc) is 3.27. The molecule has 0 N–H and O–H groups in total. The molecule has 0 saturated heterocycles. The Morgan fingerprint density at radius 1 is 1.00 bits per heavy atom. The first-order chi connectivity index (χ1) is 13.2. The van der Waals surface area contributed by atoms with Crippen LogP contribution < -0.4 is 4.87 Å². The van der Waals surface area contributed by atoms with Gasteiger partial charge in [-0.3, -0.25) is 9.36 Å². The van der Waals surface area contributed by atoms with Crippen molar-refractivity contribution in [3.63, 3.8) is 0 Å². The Bertz CT molecular complexity index is 1080. The highest BCUT2D eigenvalue weighted by Crippen LogP contribution is 2.27. The summed E-state index contributed by atoms with van der Waals surface area (Å²) in [5.41, 5.74) is 3.04. The van der Waals surface area contributed by atoms with E-state index in [0.717, 1.165) is 33.7 Å². The molecule has 0 fully saturated rings. The molecule has 0 amide bonds. The third kappa shape index (κ3) is 3.74. The van der Waals surface area contributed by atoms with E-state index in [-0.39, 0.29) is 4.87 Å². The van der Waals surface area contributed by atoms with E-state index in [9.17, 15) is 4.79 Å². The molecule has 2 aromatic heterocycles. The average molecular weight is 395 g/mol. The molecule has 0 saturated carbocycles. The molecule has 0 spiro atoms. The Balaban J connectivity index is 1.65. The van der Waals surface area contributed by atoms with E-state index >= 15 is 0 Å².